The summed E-state index contributed by atoms with van der Waals surface area (Å²) < 4.78 is 10.3. The molecule has 1 atom stereocenters. The number of primary amides is 1. The van der Waals surface area contributed by atoms with E-state index in [4.69, 9.17) is 15.2 Å². The second-order valence-electron chi connectivity index (χ2n) is 5.43. The van der Waals surface area contributed by atoms with Crippen LogP contribution in [0, 0.1) is 0 Å². The number of amides is 2. The van der Waals surface area contributed by atoms with Crippen molar-refractivity contribution in [2.45, 2.75) is 13.0 Å². The lowest BCUT2D eigenvalue weighted by molar-refractivity contribution is 0.0577. The van der Waals surface area contributed by atoms with E-state index < -0.39 is 6.03 Å². The first-order valence-electron chi connectivity index (χ1n) is 7.79. The van der Waals surface area contributed by atoms with Gasteiger partial charge in [0.15, 0.2) is 0 Å². The summed E-state index contributed by atoms with van der Waals surface area (Å²) in [5.74, 6) is 0. The zero-order chi connectivity index (χ0) is 17.5. The number of nitrogens with one attached hydrogen (secondary N) is 1. The smallest absolute Gasteiger partial charge is 0.315 e. The summed E-state index contributed by atoms with van der Waals surface area (Å²) in [4.78, 5) is 28.0. The van der Waals surface area contributed by atoms with Crippen molar-refractivity contribution in [1.29, 1.82) is 0 Å². The Morgan fingerprint density at radius 1 is 1.25 bits per heavy atom. The Hall–Kier alpha value is -2.38. The van der Waals surface area contributed by atoms with Gasteiger partial charge in [0.05, 0.1) is 25.9 Å². The van der Waals surface area contributed by atoms with Crippen molar-refractivity contribution in [3.63, 3.8) is 0 Å². The quantitative estimate of drug-likeness (QED) is 0.718. The molecule has 7 heteroatoms. The van der Waals surface area contributed by atoms with Crippen LogP contribution in [0.5, 0.6) is 0 Å². The number of aromatic amines is 1. The van der Waals surface area contributed by atoms with Crippen molar-refractivity contribution in [3.8, 4) is 0 Å². The molecule has 2 amide bonds. The van der Waals surface area contributed by atoms with Gasteiger partial charge in [-0.25, -0.2) is 4.79 Å². The van der Waals surface area contributed by atoms with Crippen LogP contribution in [0.15, 0.2) is 35.3 Å². The molecule has 1 aromatic carbocycles. The molecule has 0 aliphatic heterocycles. The monoisotopic (exact) mass is 333 g/mol. The zero-order valence-corrected chi connectivity index (χ0v) is 14.0. The van der Waals surface area contributed by atoms with Gasteiger partial charge in [0.1, 0.15) is 0 Å². The predicted octanol–water partition coefficient (Wildman–Crippen LogP) is 1.63. The first-order chi connectivity index (χ1) is 11.6. The average molecular weight is 333 g/mol. The third kappa shape index (κ3) is 4.12. The molecule has 130 valence electrons. The van der Waals surface area contributed by atoms with Gasteiger partial charge < -0.3 is 25.1 Å². The maximum absolute atomic E-state index is 11.9. The average Bonchev–Trinajstić information content (AvgIpc) is 2.58. The Morgan fingerprint density at radius 3 is 2.62 bits per heavy atom. The number of carbonyl (C=O) groups is 1. The highest BCUT2D eigenvalue weighted by molar-refractivity contribution is 5.85. The third-order valence-corrected chi connectivity index (χ3v) is 3.95. The molecule has 0 saturated heterocycles. The van der Waals surface area contributed by atoms with Crippen molar-refractivity contribution in [2.75, 3.05) is 33.5 Å². The second kappa shape index (κ2) is 8.47. The number of methoxy groups -OCH3 is 1. The Labute approximate surface area is 140 Å². The van der Waals surface area contributed by atoms with Crippen LogP contribution in [0.3, 0.4) is 0 Å². The molecular formula is C17H23N3O4. The fraction of sp³-hybridized carbons (Fsp3) is 0.412. The lowest BCUT2D eigenvalue weighted by atomic mass is 10.0. The molecule has 3 N–H and O–H groups in total. The summed E-state index contributed by atoms with van der Waals surface area (Å²) in [7, 11) is 1.60. The van der Waals surface area contributed by atoms with Crippen LogP contribution in [0.25, 0.3) is 10.8 Å². The van der Waals surface area contributed by atoms with Crippen LogP contribution in [0.2, 0.25) is 0 Å². The van der Waals surface area contributed by atoms with E-state index in [-0.39, 0.29) is 11.6 Å². The molecule has 0 bridgehead atoms. The number of urea groups is 1. The van der Waals surface area contributed by atoms with Crippen LogP contribution < -0.4 is 11.3 Å². The van der Waals surface area contributed by atoms with E-state index in [0.29, 0.717) is 31.8 Å². The van der Waals surface area contributed by atoms with Crippen molar-refractivity contribution in [1.82, 2.24) is 9.88 Å². The van der Waals surface area contributed by atoms with Gasteiger partial charge in [0, 0.05) is 25.2 Å². The molecule has 0 aliphatic carbocycles. The van der Waals surface area contributed by atoms with Crippen LogP contribution in [-0.2, 0) is 9.47 Å². The topological polar surface area (TPSA) is 97.6 Å². The highest BCUT2D eigenvalue weighted by Gasteiger charge is 2.21. The van der Waals surface area contributed by atoms with Gasteiger partial charge in [-0.1, -0.05) is 18.2 Å². The molecule has 0 fully saturated rings. The number of fused-ring (bicyclic) bond motifs is 1. The Balaban J connectivity index is 2.21. The minimum Gasteiger partial charge on any atom is -0.382 e. The molecule has 1 aromatic heterocycles. The molecule has 0 saturated carbocycles. The summed E-state index contributed by atoms with van der Waals surface area (Å²) in [6.07, 6.45) is 1.64. The van der Waals surface area contributed by atoms with Crippen molar-refractivity contribution < 1.29 is 14.3 Å². The van der Waals surface area contributed by atoms with Gasteiger partial charge in [-0.05, 0) is 23.9 Å². The maximum Gasteiger partial charge on any atom is 0.315 e. The molecule has 2 rings (SSSR count). The van der Waals surface area contributed by atoms with E-state index >= 15 is 0 Å². The van der Waals surface area contributed by atoms with Gasteiger partial charge in [0.2, 0.25) is 0 Å². The highest BCUT2D eigenvalue weighted by Crippen LogP contribution is 2.25. The van der Waals surface area contributed by atoms with Crippen molar-refractivity contribution >= 4 is 16.8 Å². The maximum atomic E-state index is 11.9. The predicted molar refractivity (Wildman–Crippen MR) is 92.0 cm³/mol. The Bertz CT molecular complexity index is 744. The number of ether oxygens (including phenoxy) is 2. The van der Waals surface area contributed by atoms with Gasteiger partial charge in [-0.15, -0.1) is 0 Å². The van der Waals surface area contributed by atoms with Crippen LogP contribution in [0.4, 0.5) is 4.79 Å². The number of pyridine rings is 1. The zero-order valence-electron chi connectivity index (χ0n) is 14.0. The number of rotatable bonds is 8. The molecule has 24 heavy (non-hydrogen) atoms. The van der Waals surface area contributed by atoms with Crippen molar-refractivity contribution in [2.24, 2.45) is 5.73 Å². The van der Waals surface area contributed by atoms with Gasteiger partial charge >= 0.3 is 6.03 Å². The molecule has 0 radical (unpaired) electrons. The van der Waals surface area contributed by atoms with Crippen LogP contribution in [0.1, 0.15) is 18.5 Å². The first kappa shape index (κ1) is 18.0. The lowest BCUT2D eigenvalue weighted by Gasteiger charge is -2.28. The summed E-state index contributed by atoms with van der Waals surface area (Å²) in [6, 6.07) is 6.46. The Morgan fingerprint density at radius 2 is 1.96 bits per heavy atom. The number of H-pyrrole nitrogens is 1. The summed E-state index contributed by atoms with van der Waals surface area (Å²) in [6.45, 7) is 3.54. The number of nitrogens with zero attached hydrogens (tertiary/aromatic N) is 1. The number of carbonyl (C=O) groups excluding carboxylic acids is 1. The SMILES string of the molecule is COCCOCCN(C(N)=O)C(C)c1c[nH]c(=O)c2ccccc12. The minimum absolute atomic E-state index is 0.157. The summed E-state index contributed by atoms with van der Waals surface area (Å²) >= 11 is 0. The number of hydrogen-bond acceptors (Lipinski definition) is 4. The number of aromatic nitrogens is 1. The number of hydrogen-bond donors (Lipinski definition) is 2. The molecule has 2 aromatic rings. The summed E-state index contributed by atoms with van der Waals surface area (Å²) in [5.41, 5.74) is 6.20. The molecule has 7 nitrogen and oxygen atoms in total. The number of nitrogens with two attached hydrogens (primary N) is 1. The van der Waals surface area contributed by atoms with E-state index in [1.165, 1.54) is 4.90 Å². The summed E-state index contributed by atoms with van der Waals surface area (Å²) in [5, 5.41) is 1.39. The largest absolute Gasteiger partial charge is 0.382 e. The fourth-order valence-corrected chi connectivity index (χ4v) is 2.65. The standard InChI is InChI=1S/C17H23N3O4/c1-12(20(17(18)22)7-8-24-10-9-23-2)15-11-19-16(21)14-6-4-3-5-13(14)15/h3-6,11-12H,7-10H2,1-2H3,(H2,18,22)(H,19,21). The van der Waals surface area contributed by atoms with E-state index in [9.17, 15) is 9.59 Å². The molecule has 1 unspecified atom stereocenters. The fourth-order valence-electron chi connectivity index (χ4n) is 2.65. The van der Waals surface area contributed by atoms with Crippen LogP contribution >= 0.6 is 0 Å². The Kier molecular flexibility index (Phi) is 6.34. The van der Waals surface area contributed by atoms with Crippen molar-refractivity contribution in [3.05, 3.63) is 46.4 Å². The molecule has 1 heterocycles. The first-order valence-corrected chi connectivity index (χ1v) is 7.79. The molecule has 0 aliphatic rings. The van der Waals surface area contributed by atoms with E-state index in [2.05, 4.69) is 4.98 Å². The van der Waals surface area contributed by atoms with E-state index in [1.54, 1.807) is 19.4 Å². The van der Waals surface area contributed by atoms with Gasteiger partial charge in [-0.2, -0.15) is 0 Å². The molecular weight excluding hydrogens is 310 g/mol. The van der Waals surface area contributed by atoms with Crippen LogP contribution in [-0.4, -0.2) is 49.4 Å². The minimum atomic E-state index is -0.534. The van der Waals surface area contributed by atoms with Gasteiger partial charge in [-0.3, -0.25) is 4.79 Å². The normalized spacial score (nSPS) is 12.2. The highest BCUT2D eigenvalue weighted by atomic mass is 16.5. The second-order valence-corrected chi connectivity index (χ2v) is 5.43. The van der Waals surface area contributed by atoms with Gasteiger partial charge in [0.25, 0.3) is 5.56 Å². The van der Waals surface area contributed by atoms with E-state index in [0.717, 1.165) is 10.9 Å². The third-order valence-electron chi connectivity index (χ3n) is 3.95. The number of benzene rings is 1. The molecule has 0 spiro atoms. The van der Waals surface area contributed by atoms with E-state index in [1.807, 2.05) is 25.1 Å². The lowest BCUT2D eigenvalue weighted by Crippen LogP contribution is -2.40.